The molecule has 25 heavy (non-hydrogen) atoms. The van der Waals surface area contributed by atoms with E-state index in [1.54, 1.807) is 17.5 Å². The van der Waals surface area contributed by atoms with Crippen LogP contribution in [0.2, 0.25) is 5.02 Å². The molecule has 0 saturated heterocycles. The standard InChI is InChI=1S/C15H14ClN3O4S2/c1-23-12-3-2-10(16)8-13(12)25(21,22)18-5-6-19-9-17-14-11(15(19)20)4-7-24-14/h2-4,7-9,18H,5-6H2,1H3. The van der Waals surface area contributed by atoms with E-state index in [-0.39, 0.29) is 34.3 Å². The van der Waals surface area contributed by atoms with Gasteiger partial charge in [0.05, 0.1) is 18.8 Å². The molecule has 0 aliphatic rings. The van der Waals surface area contributed by atoms with Crippen molar-refractivity contribution in [2.45, 2.75) is 11.4 Å². The van der Waals surface area contributed by atoms with E-state index >= 15 is 0 Å². The van der Waals surface area contributed by atoms with Crippen LogP contribution in [-0.4, -0.2) is 31.6 Å². The number of nitrogens with one attached hydrogen (secondary N) is 1. The van der Waals surface area contributed by atoms with Gasteiger partial charge in [0.25, 0.3) is 5.56 Å². The summed E-state index contributed by atoms with van der Waals surface area (Å²) in [5, 5.41) is 2.59. The van der Waals surface area contributed by atoms with Crippen molar-refractivity contribution in [3.05, 3.63) is 51.3 Å². The molecule has 1 N–H and O–H groups in total. The lowest BCUT2D eigenvalue weighted by molar-refractivity contribution is 0.402. The number of fused-ring (bicyclic) bond motifs is 1. The Bertz CT molecular complexity index is 1080. The number of ether oxygens (including phenoxy) is 1. The Kier molecular flexibility index (Phi) is 5.09. The number of thiophene rings is 1. The molecule has 7 nitrogen and oxygen atoms in total. The third kappa shape index (κ3) is 3.69. The first kappa shape index (κ1) is 17.9. The molecule has 0 amide bonds. The minimum atomic E-state index is -3.83. The number of sulfonamides is 1. The molecule has 0 bridgehead atoms. The quantitative estimate of drug-likeness (QED) is 0.685. The SMILES string of the molecule is COc1ccc(Cl)cc1S(=O)(=O)NCCn1cnc2sccc2c1=O. The maximum atomic E-state index is 12.5. The summed E-state index contributed by atoms with van der Waals surface area (Å²) in [5.41, 5.74) is -0.203. The lowest BCUT2D eigenvalue weighted by Gasteiger charge is -2.11. The molecule has 132 valence electrons. The lowest BCUT2D eigenvalue weighted by atomic mass is 10.3. The smallest absolute Gasteiger partial charge is 0.262 e. The Labute approximate surface area is 152 Å². The Balaban J connectivity index is 1.77. The van der Waals surface area contributed by atoms with Gasteiger partial charge >= 0.3 is 0 Å². The minimum Gasteiger partial charge on any atom is -0.495 e. The molecule has 0 atom stereocenters. The number of rotatable bonds is 6. The molecule has 0 fully saturated rings. The van der Waals surface area contributed by atoms with Crippen molar-refractivity contribution in [2.75, 3.05) is 13.7 Å². The number of hydrogen-bond donors (Lipinski definition) is 1. The Morgan fingerprint density at radius 2 is 2.16 bits per heavy atom. The van der Waals surface area contributed by atoms with Crippen LogP contribution in [0.25, 0.3) is 10.2 Å². The van der Waals surface area contributed by atoms with Gasteiger partial charge in [-0.15, -0.1) is 11.3 Å². The van der Waals surface area contributed by atoms with E-state index < -0.39 is 10.0 Å². The summed E-state index contributed by atoms with van der Waals surface area (Å²) in [6.45, 7) is 0.176. The van der Waals surface area contributed by atoms with Crippen LogP contribution >= 0.6 is 22.9 Å². The van der Waals surface area contributed by atoms with Crippen molar-refractivity contribution >= 4 is 43.2 Å². The minimum absolute atomic E-state index is 0.0230. The summed E-state index contributed by atoms with van der Waals surface area (Å²) in [5.74, 6) is 0.190. The third-order valence-corrected chi connectivity index (χ3v) is 6.05. The van der Waals surface area contributed by atoms with Crippen LogP contribution < -0.4 is 15.0 Å². The van der Waals surface area contributed by atoms with Gasteiger partial charge in [0.2, 0.25) is 10.0 Å². The molecule has 0 aliphatic heterocycles. The summed E-state index contributed by atoms with van der Waals surface area (Å²) in [6, 6.07) is 6.04. The molecule has 0 spiro atoms. The molecule has 0 radical (unpaired) electrons. The van der Waals surface area contributed by atoms with Crippen molar-refractivity contribution < 1.29 is 13.2 Å². The predicted molar refractivity (Wildman–Crippen MR) is 97.1 cm³/mol. The fraction of sp³-hybridized carbons (Fsp3) is 0.200. The van der Waals surface area contributed by atoms with Gasteiger partial charge in [-0.2, -0.15) is 0 Å². The Hall–Kier alpha value is -1.94. The fourth-order valence-electron chi connectivity index (χ4n) is 2.29. The highest BCUT2D eigenvalue weighted by molar-refractivity contribution is 7.89. The highest BCUT2D eigenvalue weighted by Crippen LogP contribution is 2.26. The number of nitrogens with zero attached hydrogens (tertiary/aromatic N) is 2. The topological polar surface area (TPSA) is 90.3 Å². The van der Waals surface area contributed by atoms with Gasteiger partial charge in [0.1, 0.15) is 15.5 Å². The van der Waals surface area contributed by atoms with Gasteiger partial charge in [-0.25, -0.2) is 18.1 Å². The zero-order valence-corrected chi connectivity index (χ0v) is 15.5. The second kappa shape index (κ2) is 7.12. The fourth-order valence-corrected chi connectivity index (χ4v) is 4.47. The zero-order chi connectivity index (χ0) is 18.0. The van der Waals surface area contributed by atoms with Crippen LogP contribution in [0.3, 0.4) is 0 Å². The summed E-state index contributed by atoms with van der Waals surface area (Å²) < 4.78 is 33.8. The van der Waals surface area contributed by atoms with E-state index in [0.717, 1.165) is 0 Å². The number of halogens is 1. The maximum Gasteiger partial charge on any atom is 0.262 e. The van der Waals surface area contributed by atoms with Crippen molar-refractivity contribution in [1.29, 1.82) is 0 Å². The van der Waals surface area contributed by atoms with Crippen molar-refractivity contribution in [3.8, 4) is 5.75 Å². The first-order valence-corrected chi connectivity index (χ1v) is 9.92. The number of methoxy groups -OCH3 is 1. The number of hydrogen-bond acceptors (Lipinski definition) is 6. The highest BCUT2D eigenvalue weighted by atomic mass is 35.5. The lowest BCUT2D eigenvalue weighted by Crippen LogP contribution is -2.31. The van der Waals surface area contributed by atoms with Gasteiger partial charge in [-0.3, -0.25) is 9.36 Å². The molecule has 2 heterocycles. The Morgan fingerprint density at radius 1 is 1.36 bits per heavy atom. The normalized spacial score (nSPS) is 11.8. The van der Waals surface area contributed by atoms with Crippen LogP contribution in [0.5, 0.6) is 5.75 Å². The second-order valence-electron chi connectivity index (χ2n) is 5.08. The zero-order valence-electron chi connectivity index (χ0n) is 13.1. The molecule has 0 aliphatic carbocycles. The molecule has 10 heteroatoms. The first-order chi connectivity index (χ1) is 11.9. The van der Waals surface area contributed by atoms with Gasteiger partial charge < -0.3 is 4.74 Å². The van der Waals surface area contributed by atoms with Crippen LogP contribution in [0.1, 0.15) is 0 Å². The summed E-state index contributed by atoms with van der Waals surface area (Å²) in [4.78, 5) is 17.1. The van der Waals surface area contributed by atoms with E-state index in [1.165, 1.54) is 41.5 Å². The average molecular weight is 400 g/mol. The van der Waals surface area contributed by atoms with E-state index in [4.69, 9.17) is 16.3 Å². The molecule has 1 aromatic carbocycles. The molecule has 3 rings (SSSR count). The van der Waals surface area contributed by atoms with Gasteiger partial charge in [-0.1, -0.05) is 11.6 Å². The van der Waals surface area contributed by atoms with Gasteiger partial charge in [0.15, 0.2) is 0 Å². The summed E-state index contributed by atoms with van der Waals surface area (Å²) in [7, 11) is -2.45. The maximum absolute atomic E-state index is 12.5. The third-order valence-electron chi connectivity index (χ3n) is 3.51. The molecular formula is C15H14ClN3O4S2. The van der Waals surface area contributed by atoms with E-state index in [9.17, 15) is 13.2 Å². The van der Waals surface area contributed by atoms with Gasteiger partial charge in [0, 0.05) is 18.1 Å². The van der Waals surface area contributed by atoms with Gasteiger partial charge in [-0.05, 0) is 29.6 Å². The summed E-state index contributed by atoms with van der Waals surface area (Å²) >= 11 is 7.25. The number of aromatic nitrogens is 2. The number of benzene rings is 1. The second-order valence-corrected chi connectivity index (χ2v) is 8.14. The van der Waals surface area contributed by atoms with Crippen LogP contribution in [0.15, 0.2) is 45.7 Å². The first-order valence-electron chi connectivity index (χ1n) is 7.18. The van der Waals surface area contributed by atoms with Crippen molar-refractivity contribution in [2.24, 2.45) is 0 Å². The monoisotopic (exact) mass is 399 g/mol. The molecular weight excluding hydrogens is 386 g/mol. The van der Waals surface area contributed by atoms with Crippen LogP contribution in [0.4, 0.5) is 0 Å². The average Bonchev–Trinajstić information content (AvgIpc) is 3.06. The van der Waals surface area contributed by atoms with Crippen molar-refractivity contribution in [1.82, 2.24) is 14.3 Å². The predicted octanol–water partition coefficient (Wildman–Crippen LogP) is 2.10. The molecule has 3 aromatic rings. The van der Waals surface area contributed by atoms with Crippen LogP contribution in [0, 0.1) is 0 Å². The van der Waals surface area contributed by atoms with Crippen molar-refractivity contribution in [3.63, 3.8) is 0 Å². The van der Waals surface area contributed by atoms with E-state index in [0.29, 0.717) is 10.2 Å². The largest absolute Gasteiger partial charge is 0.495 e. The summed E-state index contributed by atoms with van der Waals surface area (Å²) in [6.07, 6.45) is 1.41. The highest BCUT2D eigenvalue weighted by Gasteiger charge is 2.19. The molecule has 0 unspecified atom stereocenters. The van der Waals surface area contributed by atoms with Crippen LogP contribution in [-0.2, 0) is 16.6 Å². The Morgan fingerprint density at radius 3 is 2.92 bits per heavy atom. The van der Waals surface area contributed by atoms with E-state index in [2.05, 4.69) is 9.71 Å². The van der Waals surface area contributed by atoms with E-state index in [1.807, 2.05) is 0 Å². The molecule has 2 aromatic heterocycles. The molecule has 0 saturated carbocycles.